The molecule has 1 aromatic heterocycles. The average Bonchev–Trinajstić information content (AvgIpc) is 3.50. The molecule has 2 N–H and O–H groups in total. The lowest BCUT2D eigenvalue weighted by molar-refractivity contribution is -0.312. The fourth-order valence-electron chi connectivity index (χ4n) is 4.97. The van der Waals surface area contributed by atoms with Gasteiger partial charge in [0, 0.05) is 42.5 Å². The van der Waals surface area contributed by atoms with Crippen LogP contribution in [0.25, 0.3) is 6.08 Å². The highest BCUT2D eigenvalue weighted by Crippen LogP contribution is 2.40. The molecule has 0 spiro atoms. The van der Waals surface area contributed by atoms with E-state index in [2.05, 4.69) is 14.4 Å². The van der Waals surface area contributed by atoms with Gasteiger partial charge in [-0.05, 0) is 54.6 Å². The van der Waals surface area contributed by atoms with Crippen molar-refractivity contribution in [2.24, 2.45) is 0 Å². The van der Waals surface area contributed by atoms with Crippen molar-refractivity contribution in [2.75, 3.05) is 26.8 Å². The van der Waals surface area contributed by atoms with Gasteiger partial charge in [0.25, 0.3) is 0 Å². The Bertz CT molecular complexity index is 1610. The zero-order valence-electron chi connectivity index (χ0n) is 24.5. The second kappa shape index (κ2) is 14.9. The summed E-state index contributed by atoms with van der Waals surface area (Å²) in [5.74, 6) is -0.264. The molecule has 0 radical (unpaired) electrons. The van der Waals surface area contributed by atoms with E-state index in [1.165, 1.54) is 12.1 Å². The van der Waals surface area contributed by atoms with Crippen molar-refractivity contribution >= 4 is 37.1 Å². The molecule has 10 nitrogen and oxygen atoms in total. The monoisotopic (exact) mass is 673 g/mol. The maximum Gasteiger partial charge on any atom is 0.524 e. The van der Waals surface area contributed by atoms with Gasteiger partial charge in [0.05, 0.1) is 30.6 Å². The smallest absolute Gasteiger partial charge is 0.491 e. The molecule has 0 amide bonds. The second-order valence-electron chi connectivity index (χ2n) is 10.7. The Morgan fingerprint density at radius 2 is 1.87 bits per heavy atom. The minimum atomic E-state index is -4.56. The highest BCUT2D eigenvalue weighted by molar-refractivity contribution is 7.46. The molecule has 1 saturated heterocycles. The summed E-state index contributed by atoms with van der Waals surface area (Å²) in [6.45, 7) is 2.62. The Morgan fingerprint density at radius 1 is 1.11 bits per heavy atom. The van der Waals surface area contributed by atoms with Gasteiger partial charge in [0.2, 0.25) is 5.79 Å². The molecule has 0 bridgehead atoms. The fraction of sp³-hybridized carbons (Fsp3) is 0.281. The van der Waals surface area contributed by atoms with Crippen molar-refractivity contribution in [2.45, 2.75) is 31.4 Å². The van der Waals surface area contributed by atoms with E-state index < -0.39 is 13.6 Å². The first-order chi connectivity index (χ1) is 21.6. The number of hydrogen-bond acceptors (Lipinski definition) is 7. The Kier molecular flexibility index (Phi) is 11.0. The third kappa shape index (κ3) is 9.66. The molecule has 1 aliphatic rings. The summed E-state index contributed by atoms with van der Waals surface area (Å²) >= 11 is 12.8. The molecule has 3 aromatic carbocycles. The predicted octanol–water partition coefficient (Wildman–Crippen LogP) is 6.54. The van der Waals surface area contributed by atoms with E-state index in [0.29, 0.717) is 48.3 Å². The molecule has 1 aliphatic heterocycles. The Labute approximate surface area is 272 Å². The third-order valence-electron chi connectivity index (χ3n) is 7.07. The Hall–Kier alpha value is -3.18. The summed E-state index contributed by atoms with van der Waals surface area (Å²) in [5, 5.41) is 0.995. The first-order valence-corrected chi connectivity index (χ1v) is 16.5. The summed E-state index contributed by atoms with van der Waals surface area (Å²) in [6.07, 6.45) is 9.66. The second-order valence-corrected chi connectivity index (χ2v) is 12.7. The van der Waals surface area contributed by atoms with Crippen molar-refractivity contribution in [3.8, 4) is 11.5 Å². The number of nitrogens with zero attached hydrogens (tertiary/aromatic N) is 3. The number of benzene rings is 3. The minimum absolute atomic E-state index is 0.117. The van der Waals surface area contributed by atoms with Gasteiger partial charge in [-0.15, -0.1) is 0 Å². The highest BCUT2D eigenvalue weighted by atomic mass is 35.5. The van der Waals surface area contributed by atoms with Gasteiger partial charge in [-0.2, -0.15) is 0 Å². The number of likely N-dealkylation sites (N-methyl/N-ethyl adjacent to an activating group) is 1. The van der Waals surface area contributed by atoms with Crippen molar-refractivity contribution in [3.63, 3.8) is 0 Å². The number of ether oxygens (including phenoxy) is 3. The average molecular weight is 675 g/mol. The van der Waals surface area contributed by atoms with Crippen LogP contribution in [0, 0.1) is 0 Å². The largest absolute Gasteiger partial charge is 0.524 e. The molecule has 0 saturated carbocycles. The van der Waals surface area contributed by atoms with Gasteiger partial charge >= 0.3 is 7.82 Å². The van der Waals surface area contributed by atoms with Crippen LogP contribution < -0.4 is 9.26 Å². The molecule has 5 rings (SSSR count). The van der Waals surface area contributed by atoms with Gasteiger partial charge in [-0.1, -0.05) is 65.7 Å². The highest BCUT2D eigenvalue weighted by Gasteiger charge is 2.42. The van der Waals surface area contributed by atoms with Crippen LogP contribution in [0.3, 0.4) is 0 Å². The fourth-order valence-corrected chi connectivity index (χ4v) is 5.91. The van der Waals surface area contributed by atoms with E-state index in [4.69, 9.17) is 47.2 Å². The molecular weight excluding hydrogens is 640 g/mol. The van der Waals surface area contributed by atoms with E-state index in [0.717, 1.165) is 23.4 Å². The zero-order chi connectivity index (χ0) is 31.9. The van der Waals surface area contributed by atoms with E-state index in [1.54, 1.807) is 36.8 Å². The summed E-state index contributed by atoms with van der Waals surface area (Å²) in [4.78, 5) is 24.1. The standard InChI is InChI=1S/C32H34Cl2N3O7P/c1-36(16-2-3-24-4-11-28(12-5-24)44-45(38,39)40)20-25-6-9-27(10-7-25)41-21-29-14-18-42-32(43-29,22-37-17-15-35-23-37)30-13-8-26(33)19-31(30)34/h2-13,15,17,19,23,29H,14,16,18,20-22H2,1H3,(H2,38,39,40)/b3-2-. The van der Waals surface area contributed by atoms with Gasteiger partial charge in [0.1, 0.15) is 18.1 Å². The van der Waals surface area contributed by atoms with Crippen LogP contribution in [0.4, 0.5) is 0 Å². The molecule has 4 aromatic rings. The van der Waals surface area contributed by atoms with Crippen LogP contribution >= 0.6 is 31.0 Å². The van der Waals surface area contributed by atoms with Crippen LogP contribution in [0.15, 0.2) is 91.5 Å². The third-order valence-corrected chi connectivity index (χ3v) is 8.06. The number of imidazole rings is 1. The number of hydrogen-bond donors (Lipinski definition) is 2. The lowest BCUT2D eigenvalue weighted by Crippen LogP contribution is -2.47. The zero-order valence-corrected chi connectivity index (χ0v) is 26.9. The Morgan fingerprint density at radius 3 is 2.56 bits per heavy atom. The summed E-state index contributed by atoms with van der Waals surface area (Å²) in [6, 6.07) is 19.8. The molecule has 2 heterocycles. The van der Waals surface area contributed by atoms with Gasteiger partial charge in [-0.25, -0.2) is 9.55 Å². The van der Waals surface area contributed by atoms with Crippen molar-refractivity contribution in [1.82, 2.24) is 14.5 Å². The molecule has 45 heavy (non-hydrogen) atoms. The van der Waals surface area contributed by atoms with Gasteiger partial charge in [0.15, 0.2) is 0 Å². The molecule has 0 aliphatic carbocycles. The maximum absolute atomic E-state index is 11.0. The lowest BCUT2D eigenvalue weighted by Gasteiger charge is -2.41. The molecule has 1 fully saturated rings. The van der Waals surface area contributed by atoms with Crippen molar-refractivity contribution in [3.05, 3.63) is 118 Å². The minimum Gasteiger partial charge on any atom is -0.491 e. The number of halogens is 2. The van der Waals surface area contributed by atoms with Crippen LogP contribution in [0.1, 0.15) is 23.1 Å². The number of rotatable bonds is 13. The first-order valence-electron chi connectivity index (χ1n) is 14.2. The van der Waals surface area contributed by atoms with Crippen LogP contribution in [0.5, 0.6) is 11.5 Å². The SMILES string of the molecule is CN(C/C=C\c1ccc(OP(=O)(O)O)cc1)Cc1ccc(OCC2CCOC(Cn3ccnc3)(c3ccc(Cl)cc3Cl)O2)cc1. The lowest BCUT2D eigenvalue weighted by atomic mass is 10.0. The van der Waals surface area contributed by atoms with Gasteiger partial charge in [-0.3, -0.25) is 14.7 Å². The summed E-state index contributed by atoms with van der Waals surface area (Å²) < 4.78 is 36.4. The van der Waals surface area contributed by atoms with Crippen molar-refractivity contribution in [1.29, 1.82) is 0 Å². The first kappa shape index (κ1) is 33.2. The predicted molar refractivity (Wildman–Crippen MR) is 172 cm³/mol. The number of phosphoric acid groups is 1. The molecule has 2 unspecified atom stereocenters. The molecule has 13 heteroatoms. The molecule has 2 atom stereocenters. The molecule has 238 valence electrons. The normalized spacial score (nSPS) is 18.8. The maximum atomic E-state index is 11.0. The molecular formula is C32H34Cl2N3O7P. The Balaban J connectivity index is 1.13. The quantitative estimate of drug-likeness (QED) is 0.153. The summed E-state index contributed by atoms with van der Waals surface area (Å²) in [5.41, 5.74) is 2.73. The number of phosphoric ester groups is 1. The van der Waals surface area contributed by atoms with Crippen molar-refractivity contribution < 1.29 is 33.1 Å². The van der Waals surface area contributed by atoms with E-state index in [9.17, 15) is 4.57 Å². The topological polar surface area (TPSA) is 116 Å². The van der Waals surface area contributed by atoms with E-state index in [-0.39, 0.29) is 11.9 Å². The van der Waals surface area contributed by atoms with E-state index in [1.807, 2.05) is 60.3 Å². The van der Waals surface area contributed by atoms with Crippen LogP contribution in [-0.4, -0.2) is 57.1 Å². The summed E-state index contributed by atoms with van der Waals surface area (Å²) in [7, 11) is -2.54. The number of aromatic nitrogens is 2. The van der Waals surface area contributed by atoms with Crippen LogP contribution in [0.2, 0.25) is 10.0 Å². The van der Waals surface area contributed by atoms with Gasteiger partial charge < -0.3 is 23.3 Å². The van der Waals surface area contributed by atoms with Crippen LogP contribution in [-0.2, 0) is 32.9 Å². The van der Waals surface area contributed by atoms with E-state index >= 15 is 0 Å².